The van der Waals surface area contributed by atoms with E-state index >= 15 is 0 Å². The molecule has 0 bridgehead atoms. The van der Waals surface area contributed by atoms with Crippen molar-refractivity contribution in [1.82, 2.24) is 19.6 Å². The minimum absolute atomic E-state index is 0.0869. The van der Waals surface area contributed by atoms with E-state index in [1.165, 1.54) is 11.1 Å². The van der Waals surface area contributed by atoms with E-state index in [0.717, 1.165) is 88.9 Å². The van der Waals surface area contributed by atoms with Gasteiger partial charge < -0.3 is 24.2 Å². The predicted molar refractivity (Wildman–Crippen MR) is 170 cm³/mol. The van der Waals surface area contributed by atoms with Gasteiger partial charge in [0.15, 0.2) is 6.79 Å². The fraction of sp³-hybridized carbons (Fsp3) is 0.657. The Morgan fingerprint density at radius 1 is 1.16 bits per heavy atom. The molecule has 236 valence electrons. The average molecular weight is 593 g/mol. The van der Waals surface area contributed by atoms with Gasteiger partial charge in [0.05, 0.1) is 6.54 Å². The number of allylic oxidation sites excluding steroid dienone is 2. The number of carbonyl (C=O) groups excluding carboxylic acids is 2. The van der Waals surface area contributed by atoms with E-state index < -0.39 is 0 Å². The standard InChI is InChI=1S/C35H52N4O4/c1-6-7-18-37(19-11-10-17-36(4)5)32(40)25-39-24-29(27-14-15-35(3)31(21-27)42-26-43-35)22-34(39,2)16-20-38-23-28-12-8-9-13-30(28)33(38)41/h9,13-14,16,20-21,29H,6-8,10-12,15,17-19,22-26H2,1-5H3/b20-16+/t29-,34?,35?/m1/s1. The second kappa shape index (κ2) is 13.5. The lowest BCUT2D eigenvalue weighted by molar-refractivity contribution is -0.133. The smallest absolute Gasteiger partial charge is 0.258 e. The van der Waals surface area contributed by atoms with Crippen molar-refractivity contribution in [3.8, 4) is 0 Å². The van der Waals surface area contributed by atoms with E-state index in [9.17, 15) is 9.59 Å². The Hall–Kier alpha value is -2.68. The number of ether oxygens (including phenoxy) is 2. The molecule has 5 aliphatic rings. The van der Waals surface area contributed by atoms with E-state index in [4.69, 9.17) is 9.47 Å². The highest BCUT2D eigenvalue weighted by Gasteiger charge is 2.45. The van der Waals surface area contributed by atoms with Crippen LogP contribution in [-0.4, -0.2) is 103 Å². The monoisotopic (exact) mass is 592 g/mol. The van der Waals surface area contributed by atoms with E-state index in [-0.39, 0.29) is 28.9 Å². The normalized spacial score (nSPS) is 28.9. The number of carbonyl (C=O) groups is 2. The molecule has 0 aromatic rings. The van der Waals surface area contributed by atoms with Gasteiger partial charge in [-0.1, -0.05) is 31.6 Å². The SMILES string of the molecule is CCCCN(CCCCN(C)C)C(=O)CN1C[C@H](C2=CCC3(C)OCOC3=C2)CC1(C)/C=C/N1CC2=C(C=CCC2)C1=O. The van der Waals surface area contributed by atoms with Crippen molar-refractivity contribution in [2.45, 2.75) is 83.3 Å². The molecule has 0 aromatic heterocycles. The molecule has 0 saturated carbocycles. The van der Waals surface area contributed by atoms with Gasteiger partial charge in [-0.2, -0.15) is 0 Å². The summed E-state index contributed by atoms with van der Waals surface area (Å²) in [7, 11) is 4.19. The lowest BCUT2D eigenvalue weighted by Crippen LogP contribution is -2.47. The lowest BCUT2D eigenvalue weighted by atomic mass is 9.83. The fourth-order valence-corrected chi connectivity index (χ4v) is 7.02. The molecule has 2 fully saturated rings. The number of amides is 2. The molecule has 0 radical (unpaired) electrons. The lowest BCUT2D eigenvalue weighted by Gasteiger charge is -2.34. The third kappa shape index (κ3) is 7.18. The minimum Gasteiger partial charge on any atom is -0.469 e. The van der Waals surface area contributed by atoms with Gasteiger partial charge in [-0.25, -0.2) is 0 Å². The summed E-state index contributed by atoms with van der Waals surface area (Å²) in [5.74, 6) is 1.46. The highest BCUT2D eigenvalue weighted by Crippen LogP contribution is 2.44. The van der Waals surface area contributed by atoms with Crippen molar-refractivity contribution in [3.63, 3.8) is 0 Å². The van der Waals surface area contributed by atoms with Crippen LogP contribution >= 0.6 is 0 Å². The van der Waals surface area contributed by atoms with Crippen LogP contribution in [0.25, 0.3) is 0 Å². The Balaban J connectivity index is 1.33. The van der Waals surface area contributed by atoms with Crippen molar-refractivity contribution in [3.05, 3.63) is 59.1 Å². The van der Waals surface area contributed by atoms with Crippen LogP contribution in [-0.2, 0) is 19.1 Å². The summed E-state index contributed by atoms with van der Waals surface area (Å²) in [6.45, 7) is 11.3. The molecule has 8 nitrogen and oxygen atoms in total. The zero-order chi connectivity index (χ0) is 30.6. The fourth-order valence-electron chi connectivity index (χ4n) is 7.02. The number of likely N-dealkylation sites (tertiary alicyclic amines) is 1. The second-order valence-electron chi connectivity index (χ2n) is 13.6. The van der Waals surface area contributed by atoms with Crippen LogP contribution in [0.4, 0.5) is 0 Å². The maximum atomic E-state index is 13.9. The van der Waals surface area contributed by atoms with Gasteiger partial charge in [-0.05, 0) is 102 Å². The van der Waals surface area contributed by atoms with Gasteiger partial charge in [-0.3, -0.25) is 14.5 Å². The Labute approximate surface area is 258 Å². The highest BCUT2D eigenvalue weighted by molar-refractivity contribution is 6.00. The van der Waals surface area contributed by atoms with Crippen LogP contribution in [0, 0.1) is 5.92 Å². The maximum absolute atomic E-state index is 13.9. The molecule has 2 aliphatic carbocycles. The summed E-state index contributed by atoms with van der Waals surface area (Å²) in [4.78, 5) is 35.5. The largest absolute Gasteiger partial charge is 0.469 e. The zero-order valence-corrected chi connectivity index (χ0v) is 27.1. The molecule has 5 rings (SSSR count). The van der Waals surface area contributed by atoms with E-state index in [1.54, 1.807) is 0 Å². The molecule has 43 heavy (non-hydrogen) atoms. The minimum atomic E-state index is -0.371. The van der Waals surface area contributed by atoms with Gasteiger partial charge in [0.1, 0.15) is 11.4 Å². The number of nitrogens with zero attached hydrogens (tertiary/aromatic N) is 4. The summed E-state index contributed by atoms with van der Waals surface area (Å²) in [6.07, 6.45) is 20.5. The van der Waals surface area contributed by atoms with Crippen molar-refractivity contribution >= 4 is 11.8 Å². The first-order valence-electron chi connectivity index (χ1n) is 16.4. The van der Waals surface area contributed by atoms with Crippen molar-refractivity contribution in [2.75, 3.05) is 60.2 Å². The van der Waals surface area contributed by atoms with Gasteiger partial charge in [-0.15, -0.1) is 0 Å². The molecular formula is C35H52N4O4. The van der Waals surface area contributed by atoms with E-state index in [0.29, 0.717) is 19.9 Å². The molecule has 0 N–H and O–H groups in total. The van der Waals surface area contributed by atoms with Gasteiger partial charge in [0, 0.05) is 49.9 Å². The average Bonchev–Trinajstić information content (AvgIpc) is 3.63. The van der Waals surface area contributed by atoms with Crippen molar-refractivity contribution < 1.29 is 19.1 Å². The van der Waals surface area contributed by atoms with E-state index in [2.05, 4.69) is 73.9 Å². The van der Waals surface area contributed by atoms with E-state index in [1.807, 2.05) is 17.2 Å². The highest BCUT2D eigenvalue weighted by atomic mass is 16.7. The quantitative estimate of drug-likeness (QED) is 0.280. The molecule has 3 aliphatic heterocycles. The Morgan fingerprint density at radius 2 is 1.95 bits per heavy atom. The van der Waals surface area contributed by atoms with Gasteiger partial charge >= 0.3 is 0 Å². The zero-order valence-electron chi connectivity index (χ0n) is 27.1. The maximum Gasteiger partial charge on any atom is 0.258 e. The molecule has 2 unspecified atom stereocenters. The van der Waals surface area contributed by atoms with Crippen LogP contribution in [0.3, 0.4) is 0 Å². The summed E-state index contributed by atoms with van der Waals surface area (Å²) in [5.41, 5.74) is 2.62. The molecule has 8 heteroatoms. The number of hydrogen-bond donors (Lipinski definition) is 0. The molecule has 3 atom stereocenters. The van der Waals surface area contributed by atoms with Crippen LogP contribution in [0.1, 0.15) is 72.1 Å². The van der Waals surface area contributed by atoms with Crippen molar-refractivity contribution in [1.29, 1.82) is 0 Å². The molecule has 2 amide bonds. The Morgan fingerprint density at radius 3 is 2.72 bits per heavy atom. The molecular weight excluding hydrogens is 540 g/mol. The Kier molecular flexibility index (Phi) is 9.99. The number of fused-ring (bicyclic) bond motifs is 1. The summed E-state index contributed by atoms with van der Waals surface area (Å²) >= 11 is 0. The van der Waals surface area contributed by atoms with Crippen LogP contribution in [0.15, 0.2) is 59.1 Å². The first-order valence-corrected chi connectivity index (χ1v) is 16.4. The molecule has 0 aromatic carbocycles. The van der Waals surface area contributed by atoms with Gasteiger partial charge in [0.2, 0.25) is 5.91 Å². The summed E-state index contributed by atoms with van der Waals surface area (Å²) in [5, 5.41) is 0. The van der Waals surface area contributed by atoms with Crippen LogP contribution in [0.5, 0.6) is 0 Å². The van der Waals surface area contributed by atoms with Crippen molar-refractivity contribution in [2.24, 2.45) is 5.92 Å². The number of rotatable bonds is 13. The summed E-state index contributed by atoms with van der Waals surface area (Å²) in [6, 6.07) is 0. The molecule has 3 heterocycles. The van der Waals surface area contributed by atoms with Crippen LogP contribution < -0.4 is 0 Å². The third-order valence-corrected chi connectivity index (χ3v) is 9.92. The molecule has 2 saturated heterocycles. The predicted octanol–water partition coefficient (Wildman–Crippen LogP) is 5.02. The second-order valence-corrected chi connectivity index (χ2v) is 13.6. The Bertz CT molecular complexity index is 1220. The summed E-state index contributed by atoms with van der Waals surface area (Å²) < 4.78 is 11.7. The first kappa shape index (κ1) is 31.7. The third-order valence-electron chi connectivity index (χ3n) is 9.92. The van der Waals surface area contributed by atoms with Gasteiger partial charge in [0.25, 0.3) is 5.91 Å². The number of hydrogen-bond acceptors (Lipinski definition) is 6. The number of unbranched alkanes of at least 4 members (excludes halogenated alkanes) is 2. The topological polar surface area (TPSA) is 65.6 Å². The molecule has 0 spiro atoms. The first-order chi connectivity index (χ1) is 20.6. The van der Waals surface area contributed by atoms with Crippen LogP contribution in [0.2, 0.25) is 0 Å².